The average molecular weight is 288 g/mol. The lowest BCUT2D eigenvalue weighted by Gasteiger charge is -2.08. The van der Waals surface area contributed by atoms with Gasteiger partial charge in [0, 0.05) is 6.08 Å². The molecule has 0 saturated carbocycles. The van der Waals surface area contributed by atoms with Crippen LogP contribution >= 0.6 is 0 Å². The molecule has 0 aliphatic rings. The summed E-state index contributed by atoms with van der Waals surface area (Å²) in [6.07, 6.45) is 2.68. The number of carbonyl (C=O) groups excluding carboxylic acids is 2. The first-order valence-electron chi connectivity index (χ1n) is 6.88. The molecule has 0 radical (unpaired) electrons. The van der Waals surface area contributed by atoms with Crippen molar-refractivity contribution in [3.63, 3.8) is 0 Å². The van der Waals surface area contributed by atoms with Crippen LogP contribution in [-0.2, 0) is 19.1 Å². The van der Waals surface area contributed by atoms with E-state index in [1.807, 2.05) is 37.3 Å². The van der Waals surface area contributed by atoms with Gasteiger partial charge in [0.05, 0.1) is 18.8 Å². The minimum absolute atomic E-state index is 0.275. The smallest absolute Gasteiger partial charge is 0.338 e. The predicted molar refractivity (Wildman–Crippen MR) is 81.4 cm³/mol. The number of hydrogen-bond acceptors (Lipinski definition) is 4. The van der Waals surface area contributed by atoms with Crippen molar-refractivity contribution in [3.8, 4) is 0 Å². The van der Waals surface area contributed by atoms with Crippen molar-refractivity contribution >= 4 is 17.5 Å². The van der Waals surface area contributed by atoms with Gasteiger partial charge in [-0.1, -0.05) is 30.3 Å². The Morgan fingerprint density at radius 1 is 1.00 bits per heavy atom. The first-order valence-corrected chi connectivity index (χ1v) is 6.88. The summed E-state index contributed by atoms with van der Waals surface area (Å²) in [4.78, 5) is 23.4. The molecule has 0 unspecified atom stereocenters. The van der Waals surface area contributed by atoms with E-state index >= 15 is 0 Å². The van der Waals surface area contributed by atoms with Gasteiger partial charge in [-0.15, -0.1) is 0 Å². The molecule has 0 bridgehead atoms. The zero-order valence-electron chi connectivity index (χ0n) is 12.6. The largest absolute Gasteiger partial charge is 0.463 e. The van der Waals surface area contributed by atoms with Crippen LogP contribution in [0.4, 0.5) is 0 Å². The SMILES string of the molecule is CCOC(=O)C=CC(C(=O)OCC)=C(C)c1ccccc1. The molecule has 0 aliphatic heterocycles. The molecule has 0 aliphatic carbocycles. The minimum atomic E-state index is -0.486. The van der Waals surface area contributed by atoms with E-state index < -0.39 is 11.9 Å². The zero-order valence-corrected chi connectivity index (χ0v) is 12.6. The summed E-state index contributed by atoms with van der Waals surface area (Å²) in [6, 6.07) is 9.46. The monoisotopic (exact) mass is 288 g/mol. The Morgan fingerprint density at radius 3 is 2.19 bits per heavy atom. The van der Waals surface area contributed by atoms with Gasteiger partial charge in [-0.3, -0.25) is 0 Å². The Bertz CT molecular complexity index is 541. The molecule has 1 aromatic rings. The van der Waals surface area contributed by atoms with Gasteiger partial charge < -0.3 is 9.47 Å². The number of benzene rings is 1. The Balaban J connectivity index is 3.13. The van der Waals surface area contributed by atoms with Crippen molar-refractivity contribution in [1.29, 1.82) is 0 Å². The van der Waals surface area contributed by atoms with Crippen LogP contribution in [0, 0.1) is 0 Å². The first kappa shape index (κ1) is 16.7. The highest BCUT2D eigenvalue weighted by molar-refractivity contribution is 6.01. The van der Waals surface area contributed by atoms with E-state index in [4.69, 9.17) is 9.47 Å². The van der Waals surface area contributed by atoms with Crippen LogP contribution in [0.2, 0.25) is 0 Å². The van der Waals surface area contributed by atoms with Crippen LogP contribution in [0.25, 0.3) is 5.57 Å². The quantitative estimate of drug-likeness (QED) is 0.458. The van der Waals surface area contributed by atoms with Gasteiger partial charge >= 0.3 is 11.9 Å². The molecule has 0 amide bonds. The fourth-order valence-electron chi connectivity index (χ4n) is 1.74. The molecule has 0 heterocycles. The summed E-state index contributed by atoms with van der Waals surface area (Å²) in [6.45, 7) is 5.85. The minimum Gasteiger partial charge on any atom is -0.463 e. The molecule has 0 N–H and O–H groups in total. The van der Waals surface area contributed by atoms with Crippen LogP contribution in [0.15, 0.2) is 48.1 Å². The van der Waals surface area contributed by atoms with Crippen LogP contribution in [-0.4, -0.2) is 25.2 Å². The summed E-state index contributed by atoms with van der Waals surface area (Å²) >= 11 is 0. The lowest BCUT2D eigenvalue weighted by molar-refractivity contribution is -0.138. The fourth-order valence-corrected chi connectivity index (χ4v) is 1.74. The Hall–Kier alpha value is -2.36. The van der Waals surface area contributed by atoms with Gasteiger partial charge in [-0.05, 0) is 38.0 Å². The van der Waals surface area contributed by atoms with E-state index in [9.17, 15) is 9.59 Å². The molecule has 112 valence electrons. The van der Waals surface area contributed by atoms with E-state index in [1.54, 1.807) is 13.8 Å². The lowest BCUT2D eigenvalue weighted by Crippen LogP contribution is -2.09. The summed E-state index contributed by atoms with van der Waals surface area (Å²) < 4.78 is 9.86. The van der Waals surface area contributed by atoms with Crippen molar-refractivity contribution in [1.82, 2.24) is 0 Å². The van der Waals surface area contributed by atoms with Gasteiger partial charge in [0.15, 0.2) is 0 Å². The fraction of sp³-hybridized carbons (Fsp3) is 0.294. The highest BCUT2D eigenvalue weighted by Gasteiger charge is 2.13. The Kier molecular flexibility index (Phi) is 6.95. The number of carbonyl (C=O) groups is 2. The van der Waals surface area contributed by atoms with Gasteiger partial charge in [-0.25, -0.2) is 9.59 Å². The molecular formula is C17H20O4. The van der Waals surface area contributed by atoms with Crippen LogP contribution in [0.3, 0.4) is 0 Å². The molecule has 0 saturated heterocycles. The van der Waals surface area contributed by atoms with E-state index in [-0.39, 0.29) is 6.61 Å². The molecule has 0 fully saturated rings. The maximum Gasteiger partial charge on any atom is 0.338 e. The molecule has 4 heteroatoms. The third kappa shape index (κ3) is 5.26. The normalized spacial score (nSPS) is 12.0. The van der Waals surface area contributed by atoms with Gasteiger partial charge in [0.25, 0.3) is 0 Å². The highest BCUT2D eigenvalue weighted by atomic mass is 16.5. The second-order valence-electron chi connectivity index (χ2n) is 4.21. The van der Waals surface area contributed by atoms with E-state index in [0.29, 0.717) is 12.2 Å². The van der Waals surface area contributed by atoms with Gasteiger partial charge in [0.1, 0.15) is 0 Å². The molecule has 4 nitrogen and oxygen atoms in total. The van der Waals surface area contributed by atoms with Crippen molar-refractivity contribution in [2.75, 3.05) is 13.2 Å². The topological polar surface area (TPSA) is 52.6 Å². The molecule has 0 atom stereocenters. The number of allylic oxidation sites excluding steroid dienone is 1. The number of esters is 2. The molecule has 1 rings (SSSR count). The summed E-state index contributed by atoms with van der Waals surface area (Å²) in [5, 5.41) is 0. The second-order valence-corrected chi connectivity index (χ2v) is 4.21. The van der Waals surface area contributed by atoms with E-state index in [1.165, 1.54) is 12.2 Å². The summed E-state index contributed by atoms with van der Waals surface area (Å²) in [5.41, 5.74) is 1.99. The first-order chi connectivity index (χ1) is 10.1. The number of rotatable bonds is 6. The van der Waals surface area contributed by atoms with Crippen LogP contribution in [0.5, 0.6) is 0 Å². The molecule has 1 aromatic carbocycles. The molecule has 21 heavy (non-hydrogen) atoms. The average Bonchev–Trinajstić information content (AvgIpc) is 2.48. The maximum atomic E-state index is 12.0. The third-order valence-corrected chi connectivity index (χ3v) is 2.78. The van der Waals surface area contributed by atoms with Crippen molar-refractivity contribution in [3.05, 3.63) is 53.6 Å². The molecular weight excluding hydrogens is 268 g/mol. The van der Waals surface area contributed by atoms with Crippen molar-refractivity contribution < 1.29 is 19.1 Å². The third-order valence-electron chi connectivity index (χ3n) is 2.78. The van der Waals surface area contributed by atoms with Crippen LogP contribution in [0.1, 0.15) is 26.3 Å². The Morgan fingerprint density at radius 2 is 1.62 bits per heavy atom. The summed E-state index contributed by atoms with van der Waals surface area (Å²) in [7, 11) is 0. The maximum absolute atomic E-state index is 12.0. The second kappa shape index (κ2) is 8.74. The predicted octanol–water partition coefficient (Wildman–Crippen LogP) is 3.14. The zero-order chi connectivity index (χ0) is 15.7. The standard InChI is InChI=1S/C17H20O4/c1-4-20-16(18)12-11-15(17(19)21-5-2)13(3)14-9-7-6-8-10-14/h6-12H,4-5H2,1-3H3. The Labute approximate surface area is 125 Å². The van der Waals surface area contributed by atoms with Gasteiger partial charge in [0.2, 0.25) is 0 Å². The number of ether oxygens (including phenoxy) is 2. The van der Waals surface area contributed by atoms with Crippen LogP contribution < -0.4 is 0 Å². The van der Waals surface area contributed by atoms with Gasteiger partial charge in [-0.2, -0.15) is 0 Å². The number of hydrogen-bond donors (Lipinski definition) is 0. The van der Waals surface area contributed by atoms with Crippen molar-refractivity contribution in [2.24, 2.45) is 0 Å². The molecule has 0 aromatic heterocycles. The van der Waals surface area contributed by atoms with Crippen molar-refractivity contribution in [2.45, 2.75) is 20.8 Å². The summed E-state index contributed by atoms with van der Waals surface area (Å²) in [5.74, 6) is -0.945. The van der Waals surface area contributed by atoms with E-state index in [2.05, 4.69) is 0 Å². The lowest BCUT2D eigenvalue weighted by atomic mass is 10.0. The highest BCUT2D eigenvalue weighted by Crippen LogP contribution is 2.20. The molecule has 0 spiro atoms. The van der Waals surface area contributed by atoms with E-state index in [0.717, 1.165) is 11.1 Å².